The average molecular weight is 276 g/mol. The quantitative estimate of drug-likeness (QED) is 0.829. The number of benzene rings is 1. The molecule has 0 fully saturated rings. The molecule has 0 aliphatic rings. The van der Waals surface area contributed by atoms with Gasteiger partial charge in [-0.25, -0.2) is 0 Å². The van der Waals surface area contributed by atoms with Crippen molar-refractivity contribution >= 4 is 17.5 Å². The summed E-state index contributed by atoms with van der Waals surface area (Å²) in [6, 6.07) is 5.80. The Hall–Kier alpha value is -1.84. The van der Waals surface area contributed by atoms with Crippen LogP contribution < -0.4 is 4.90 Å². The van der Waals surface area contributed by atoms with Gasteiger partial charge in [-0.2, -0.15) is 0 Å². The summed E-state index contributed by atoms with van der Waals surface area (Å²) in [5.41, 5.74) is 2.97. The third-order valence-corrected chi connectivity index (χ3v) is 3.66. The zero-order valence-electron chi connectivity index (χ0n) is 13.1. The number of carbonyl (C=O) groups excluding carboxylic acids is 2. The lowest BCUT2D eigenvalue weighted by Gasteiger charge is -2.27. The Morgan fingerprint density at radius 2 is 1.70 bits per heavy atom. The third-order valence-electron chi connectivity index (χ3n) is 3.66. The maximum absolute atomic E-state index is 12.2. The molecule has 0 spiro atoms. The van der Waals surface area contributed by atoms with E-state index >= 15 is 0 Å². The summed E-state index contributed by atoms with van der Waals surface area (Å²) < 4.78 is 0. The molecule has 0 N–H and O–H groups in total. The molecule has 0 aliphatic carbocycles. The zero-order chi connectivity index (χ0) is 15.3. The van der Waals surface area contributed by atoms with E-state index in [-0.39, 0.29) is 18.4 Å². The van der Waals surface area contributed by atoms with E-state index < -0.39 is 0 Å². The van der Waals surface area contributed by atoms with Crippen molar-refractivity contribution in [2.45, 2.75) is 34.6 Å². The van der Waals surface area contributed by atoms with Crippen LogP contribution in [0.3, 0.4) is 0 Å². The Bertz CT molecular complexity index is 493. The minimum atomic E-state index is -0.112. The maximum atomic E-state index is 12.2. The normalized spacial score (nSPS) is 10.2. The molecule has 2 amide bonds. The van der Waals surface area contributed by atoms with Gasteiger partial charge < -0.3 is 9.80 Å². The lowest BCUT2D eigenvalue weighted by Crippen LogP contribution is -2.42. The largest absolute Gasteiger partial charge is 0.342 e. The van der Waals surface area contributed by atoms with Gasteiger partial charge >= 0.3 is 0 Å². The van der Waals surface area contributed by atoms with Gasteiger partial charge in [0.25, 0.3) is 0 Å². The first kappa shape index (κ1) is 16.2. The highest BCUT2D eigenvalue weighted by Gasteiger charge is 2.20. The summed E-state index contributed by atoms with van der Waals surface area (Å²) in [7, 11) is 0. The average Bonchev–Trinajstić information content (AvgIpc) is 2.40. The van der Waals surface area contributed by atoms with E-state index in [1.165, 1.54) is 6.92 Å². The molecular weight excluding hydrogens is 252 g/mol. The monoisotopic (exact) mass is 276 g/mol. The van der Waals surface area contributed by atoms with Crippen LogP contribution in [0.1, 0.15) is 31.9 Å². The van der Waals surface area contributed by atoms with Gasteiger partial charge in [-0.15, -0.1) is 0 Å². The second-order valence-corrected chi connectivity index (χ2v) is 4.89. The number of aryl methyl sites for hydroxylation is 1. The van der Waals surface area contributed by atoms with Crippen molar-refractivity contribution < 1.29 is 9.59 Å². The zero-order valence-corrected chi connectivity index (χ0v) is 13.1. The molecule has 0 unspecified atom stereocenters. The van der Waals surface area contributed by atoms with Crippen LogP contribution in [0.2, 0.25) is 0 Å². The topological polar surface area (TPSA) is 40.6 Å². The molecule has 0 saturated carbocycles. The highest BCUT2D eigenvalue weighted by molar-refractivity contribution is 5.98. The van der Waals surface area contributed by atoms with E-state index in [0.29, 0.717) is 13.1 Å². The minimum absolute atomic E-state index is 0.0221. The fourth-order valence-corrected chi connectivity index (χ4v) is 2.21. The molecule has 4 nitrogen and oxygen atoms in total. The summed E-state index contributed by atoms with van der Waals surface area (Å²) in [5, 5.41) is 0. The van der Waals surface area contributed by atoms with Gasteiger partial charge in [-0.05, 0) is 44.9 Å². The van der Waals surface area contributed by atoms with Crippen LogP contribution in [0, 0.1) is 13.8 Å². The van der Waals surface area contributed by atoms with Crippen LogP contribution in [0.5, 0.6) is 0 Å². The van der Waals surface area contributed by atoms with E-state index in [1.54, 1.807) is 9.80 Å². The van der Waals surface area contributed by atoms with Gasteiger partial charge in [0.15, 0.2) is 0 Å². The van der Waals surface area contributed by atoms with Gasteiger partial charge in [0.05, 0.1) is 0 Å². The van der Waals surface area contributed by atoms with Gasteiger partial charge in [0.1, 0.15) is 6.54 Å². The van der Waals surface area contributed by atoms with E-state index in [2.05, 4.69) is 0 Å². The maximum Gasteiger partial charge on any atom is 0.242 e. The minimum Gasteiger partial charge on any atom is -0.342 e. The van der Waals surface area contributed by atoms with Crippen LogP contribution in [-0.2, 0) is 9.59 Å². The van der Waals surface area contributed by atoms with Gasteiger partial charge in [-0.3, -0.25) is 9.59 Å². The number of carbonyl (C=O) groups is 2. The second kappa shape index (κ2) is 7.08. The Morgan fingerprint density at radius 1 is 1.10 bits per heavy atom. The lowest BCUT2D eigenvalue weighted by molar-refractivity contribution is -0.130. The van der Waals surface area contributed by atoms with E-state index in [1.807, 2.05) is 45.9 Å². The van der Waals surface area contributed by atoms with Crippen molar-refractivity contribution in [2.24, 2.45) is 0 Å². The molecule has 0 atom stereocenters. The third kappa shape index (κ3) is 3.59. The Labute approximate surface area is 121 Å². The second-order valence-electron chi connectivity index (χ2n) is 4.89. The van der Waals surface area contributed by atoms with Crippen molar-refractivity contribution in [2.75, 3.05) is 24.5 Å². The summed E-state index contributed by atoms with van der Waals surface area (Å²) >= 11 is 0. The number of anilines is 1. The number of nitrogens with zero attached hydrogens (tertiary/aromatic N) is 2. The molecular formula is C16H24N2O2. The van der Waals surface area contributed by atoms with E-state index in [0.717, 1.165) is 16.8 Å². The van der Waals surface area contributed by atoms with Crippen LogP contribution in [-0.4, -0.2) is 36.3 Å². The van der Waals surface area contributed by atoms with Crippen molar-refractivity contribution in [3.05, 3.63) is 29.3 Å². The van der Waals surface area contributed by atoms with Crippen LogP contribution in [0.4, 0.5) is 5.69 Å². The Kier molecular flexibility index (Phi) is 5.74. The summed E-state index contributed by atoms with van der Waals surface area (Å²) in [5.74, 6) is -0.134. The van der Waals surface area contributed by atoms with Crippen LogP contribution >= 0.6 is 0 Å². The Balaban J connectivity index is 3.04. The Morgan fingerprint density at radius 3 is 2.20 bits per heavy atom. The van der Waals surface area contributed by atoms with Crippen molar-refractivity contribution in [3.63, 3.8) is 0 Å². The number of hydrogen-bond donors (Lipinski definition) is 0. The molecule has 110 valence electrons. The van der Waals surface area contributed by atoms with Crippen molar-refractivity contribution in [1.82, 2.24) is 4.90 Å². The van der Waals surface area contributed by atoms with Gasteiger partial charge in [0, 0.05) is 25.7 Å². The molecule has 4 heteroatoms. The number of amides is 2. The van der Waals surface area contributed by atoms with Crippen LogP contribution in [0.25, 0.3) is 0 Å². The first-order chi connectivity index (χ1) is 9.42. The predicted octanol–water partition coefficient (Wildman–Crippen LogP) is 2.52. The molecule has 1 aromatic rings. The molecule has 20 heavy (non-hydrogen) atoms. The first-order valence-electron chi connectivity index (χ1n) is 7.04. The number of rotatable bonds is 5. The summed E-state index contributed by atoms with van der Waals surface area (Å²) in [6.45, 7) is 10.8. The fraction of sp³-hybridized carbons (Fsp3) is 0.500. The molecule has 1 rings (SSSR count). The highest BCUT2D eigenvalue weighted by Crippen LogP contribution is 2.23. The van der Waals surface area contributed by atoms with Crippen LogP contribution in [0.15, 0.2) is 18.2 Å². The van der Waals surface area contributed by atoms with E-state index in [4.69, 9.17) is 0 Å². The first-order valence-corrected chi connectivity index (χ1v) is 7.04. The van der Waals surface area contributed by atoms with Gasteiger partial charge in [0.2, 0.25) is 11.8 Å². The summed E-state index contributed by atoms with van der Waals surface area (Å²) in [4.78, 5) is 27.4. The molecule has 0 bridgehead atoms. The molecule has 0 saturated heterocycles. The van der Waals surface area contributed by atoms with Gasteiger partial charge in [-0.1, -0.05) is 12.1 Å². The fourth-order valence-electron chi connectivity index (χ4n) is 2.21. The molecule has 1 aromatic carbocycles. The number of likely N-dealkylation sites (N-methyl/N-ethyl adjacent to an activating group) is 1. The van der Waals surface area contributed by atoms with Crippen molar-refractivity contribution in [1.29, 1.82) is 0 Å². The smallest absolute Gasteiger partial charge is 0.242 e. The molecule has 0 aromatic heterocycles. The number of hydrogen-bond acceptors (Lipinski definition) is 2. The SMILES string of the molecule is CCN(CC)C(=O)CN(C(C)=O)c1cccc(C)c1C. The molecule has 0 aliphatic heterocycles. The van der Waals surface area contributed by atoms with E-state index in [9.17, 15) is 9.59 Å². The lowest BCUT2D eigenvalue weighted by atomic mass is 10.1. The highest BCUT2D eigenvalue weighted by atomic mass is 16.2. The van der Waals surface area contributed by atoms with Crippen molar-refractivity contribution in [3.8, 4) is 0 Å². The molecule has 0 radical (unpaired) electrons. The summed E-state index contributed by atoms with van der Waals surface area (Å²) in [6.07, 6.45) is 0. The predicted molar refractivity (Wildman–Crippen MR) is 81.9 cm³/mol. The standard InChI is InChI=1S/C16H24N2O2/c1-6-17(7-2)16(20)11-18(14(5)19)15-10-8-9-12(3)13(15)4/h8-10H,6-7,11H2,1-5H3. The molecule has 0 heterocycles.